The molecule has 2 aromatic rings. The van der Waals surface area contributed by atoms with Crippen LogP contribution < -0.4 is 10.6 Å². The lowest BCUT2D eigenvalue weighted by molar-refractivity contribution is 0.403. The molecule has 0 fully saturated rings. The predicted octanol–water partition coefficient (Wildman–Crippen LogP) is 3.19. The average Bonchev–Trinajstić information content (AvgIpc) is 2.90. The van der Waals surface area contributed by atoms with E-state index in [1.54, 1.807) is 11.3 Å². The van der Waals surface area contributed by atoms with E-state index in [4.69, 9.17) is 4.98 Å². The van der Waals surface area contributed by atoms with Gasteiger partial charge >= 0.3 is 0 Å². The van der Waals surface area contributed by atoms with E-state index in [-0.39, 0.29) is 6.04 Å². The maximum Gasteiger partial charge on any atom is 0.183 e. The Morgan fingerprint density at radius 3 is 2.57 bits per heavy atom. The Balaban J connectivity index is 2.53. The second-order valence-electron chi connectivity index (χ2n) is 5.39. The Hall–Kier alpha value is -1.43. The molecule has 1 unspecified atom stereocenters. The highest BCUT2D eigenvalue weighted by molar-refractivity contribution is 7.16. The van der Waals surface area contributed by atoms with Crippen molar-refractivity contribution in [3.05, 3.63) is 34.7 Å². The summed E-state index contributed by atoms with van der Waals surface area (Å²) in [5.41, 5.74) is 3.62. The quantitative estimate of drug-likeness (QED) is 0.860. The van der Waals surface area contributed by atoms with Crippen molar-refractivity contribution in [2.24, 2.45) is 0 Å². The maximum absolute atomic E-state index is 4.78. The molecular formula is C16H24N4S. The summed E-state index contributed by atoms with van der Waals surface area (Å²) >= 11 is 1.72. The zero-order chi connectivity index (χ0) is 15.4. The van der Waals surface area contributed by atoms with Gasteiger partial charge in [0.2, 0.25) is 0 Å². The fraction of sp³-hybridized carbons (Fsp3) is 0.438. The van der Waals surface area contributed by atoms with Gasteiger partial charge in [0.25, 0.3) is 0 Å². The van der Waals surface area contributed by atoms with Gasteiger partial charge in [0.15, 0.2) is 5.13 Å². The Labute approximate surface area is 131 Å². The zero-order valence-electron chi connectivity index (χ0n) is 13.4. The van der Waals surface area contributed by atoms with Gasteiger partial charge < -0.3 is 15.5 Å². The van der Waals surface area contributed by atoms with Crippen molar-refractivity contribution in [3.63, 3.8) is 0 Å². The minimum Gasteiger partial charge on any atom is -0.365 e. The number of aromatic nitrogens is 1. The van der Waals surface area contributed by atoms with Gasteiger partial charge in [-0.15, -0.1) is 0 Å². The lowest BCUT2D eigenvalue weighted by Crippen LogP contribution is -2.13. The number of anilines is 1. The fourth-order valence-electron chi connectivity index (χ4n) is 2.29. The van der Waals surface area contributed by atoms with E-state index in [0.717, 1.165) is 17.4 Å². The Morgan fingerprint density at radius 2 is 1.95 bits per heavy atom. The molecule has 4 nitrogen and oxygen atoms in total. The summed E-state index contributed by atoms with van der Waals surface area (Å²) in [6.45, 7) is 3.08. The van der Waals surface area contributed by atoms with Crippen LogP contribution in [0.15, 0.2) is 24.3 Å². The minimum atomic E-state index is 0.284. The number of nitrogens with one attached hydrogen (secondary N) is 2. The molecule has 114 valence electrons. The van der Waals surface area contributed by atoms with Gasteiger partial charge in [-0.05, 0) is 33.6 Å². The second-order valence-corrected chi connectivity index (χ2v) is 6.42. The molecule has 1 aromatic heterocycles. The molecule has 0 amide bonds. The molecule has 1 heterocycles. The van der Waals surface area contributed by atoms with Crippen molar-refractivity contribution in [3.8, 4) is 11.3 Å². The molecule has 1 aromatic carbocycles. The van der Waals surface area contributed by atoms with Crippen molar-refractivity contribution < 1.29 is 0 Å². The number of benzene rings is 1. The third-order valence-electron chi connectivity index (χ3n) is 3.45. The van der Waals surface area contributed by atoms with E-state index in [1.165, 1.54) is 16.0 Å². The van der Waals surface area contributed by atoms with Crippen molar-refractivity contribution in [2.45, 2.75) is 19.5 Å². The maximum atomic E-state index is 4.78. The topological polar surface area (TPSA) is 40.2 Å². The first-order chi connectivity index (χ1) is 10.1. The van der Waals surface area contributed by atoms with Crippen LogP contribution in [-0.2, 0) is 6.54 Å². The molecule has 5 heteroatoms. The number of rotatable bonds is 6. The van der Waals surface area contributed by atoms with Gasteiger partial charge in [-0.1, -0.05) is 35.6 Å². The smallest absolute Gasteiger partial charge is 0.183 e. The molecule has 0 spiro atoms. The van der Waals surface area contributed by atoms with Crippen LogP contribution in [0.4, 0.5) is 5.13 Å². The lowest BCUT2D eigenvalue weighted by atomic mass is 10.0. The lowest BCUT2D eigenvalue weighted by Gasteiger charge is -2.15. The standard InChI is InChI=1S/C16H24N4S/c1-11(17-2)15-14(19-16(18-3)21-15)13-9-7-6-8-12(13)10-20(4)5/h6-9,11,17H,10H2,1-5H3,(H,18,19). The molecule has 0 aliphatic rings. The summed E-state index contributed by atoms with van der Waals surface area (Å²) < 4.78 is 0. The van der Waals surface area contributed by atoms with Crippen molar-refractivity contribution >= 4 is 16.5 Å². The van der Waals surface area contributed by atoms with Gasteiger partial charge in [0.05, 0.1) is 10.6 Å². The highest BCUT2D eigenvalue weighted by atomic mass is 32.1. The number of thiazole rings is 1. The number of hydrogen-bond donors (Lipinski definition) is 2. The molecule has 0 bridgehead atoms. The highest BCUT2D eigenvalue weighted by Gasteiger charge is 2.19. The largest absolute Gasteiger partial charge is 0.365 e. The predicted molar refractivity (Wildman–Crippen MR) is 92.0 cm³/mol. The summed E-state index contributed by atoms with van der Waals surface area (Å²) in [7, 11) is 8.09. The molecule has 21 heavy (non-hydrogen) atoms. The van der Waals surface area contributed by atoms with Crippen LogP contribution in [0.3, 0.4) is 0 Å². The first kappa shape index (κ1) is 15.9. The van der Waals surface area contributed by atoms with Crippen LogP contribution >= 0.6 is 11.3 Å². The van der Waals surface area contributed by atoms with Crippen molar-refractivity contribution in [1.82, 2.24) is 15.2 Å². The minimum absolute atomic E-state index is 0.284. The Kier molecular flexibility index (Phi) is 5.33. The average molecular weight is 304 g/mol. The third-order valence-corrected chi connectivity index (χ3v) is 4.71. The van der Waals surface area contributed by atoms with Crippen LogP contribution in [0.2, 0.25) is 0 Å². The van der Waals surface area contributed by atoms with Gasteiger partial charge in [-0.3, -0.25) is 0 Å². The molecule has 0 saturated heterocycles. The summed E-state index contributed by atoms with van der Waals surface area (Å²) in [5, 5.41) is 7.45. The highest BCUT2D eigenvalue weighted by Crippen LogP contribution is 2.36. The van der Waals surface area contributed by atoms with Crippen LogP contribution in [0.5, 0.6) is 0 Å². The molecule has 0 radical (unpaired) electrons. The monoisotopic (exact) mass is 304 g/mol. The first-order valence-electron chi connectivity index (χ1n) is 7.15. The van der Waals surface area contributed by atoms with E-state index in [1.807, 2.05) is 14.1 Å². The van der Waals surface area contributed by atoms with E-state index in [9.17, 15) is 0 Å². The van der Waals surface area contributed by atoms with Gasteiger partial charge in [-0.2, -0.15) is 0 Å². The molecule has 2 rings (SSSR count). The van der Waals surface area contributed by atoms with E-state index in [0.29, 0.717) is 0 Å². The normalized spacial score (nSPS) is 12.7. The molecule has 0 aliphatic heterocycles. The first-order valence-corrected chi connectivity index (χ1v) is 7.97. The summed E-state index contributed by atoms with van der Waals surface area (Å²) in [6, 6.07) is 8.81. The number of nitrogens with zero attached hydrogens (tertiary/aromatic N) is 2. The van der Waals surface area contributed by atoms with Gasteiger partial charge in [-0.25, -0.2) is 4.98 Å². The Morgan fingerprint density at radius 1 is 1.24 bits per heavy atom. The van der Waals surface area contributed by atoms with Gasteiger partial charge in [0.1, 0.15) is 0 Å². The fourth-order valence-corrected chi connectivity index (χ4v) is 3.28. The summed E-state index contributed by atoms with van der Waals surface area (Å²) in [6.07, 6.45) is 0. The van der Waals surface area contributed by atoms with E-state index >= 15 is 0 Å². The number of hydrogen-bond acceptors (Lipinski definition) is 5. The third kappa shape index (κ3) is 3.61. The second kappa shape index (κ2) is 7.02. The zero-order valence-corrected chi connectivity index (χ0v) is 14.2. The summed E-state index contributed by atoms with van der Waals surface area (Å²) in [4.78, 5) is 8.24. The molecule has 0 saturated carbocycles. The van der Waals surface area contributed by atoms with Gasteiger partial charge in [0, 0.05) is 25.2 Å². The van der Waals surface area contributed by atoms with Crippen molar-refractivity contribution in [2.75, 3.05) is 33.5 Å². The molecule has 0 aliphatic carbocycles. The van der Waals surface area contributed by atoms with Crippen molar-refractivity contribution in [1.29, 1.82) is 0 Å². The Bertz CT molecular complexity index is 592. The van der Waals surface area contributed by atoms with E-state index in [2.05, 4.69) is 60.8 Å². The SMILES string of the molecule is CNc1nc(-c2ccccc2CN(C)C)c(C(C)NC)s1. The van der Waals surface area contributed by atoms with Crippen LogP contribution in [0.25, 0.3) is 11.3 Å². The molecule has 2 N–H and O–H groups in total. The summed E-state index contributed by atoms with van der Waals surface area (Å²) in [5.74, 6) is 0. The van der Waals surface area contributed by atoms with Crippen LogP contribution in [-0.4, -0.2) is 38.1 Å². The molecule has 1 atom stereocenters. The van der Waals surface area contributed by atoms with Crippen LogP contribution in [0.1, 0.15) is 23.4 Å². The molecular weight excluding hydrogens is 280 g/mol. The van der Waals surface area contributed by atoms with E-state index < -0.39 is 0 Å². The van der Waals surface area contributed by atoms with Crippen LogP contribution in [0, 0.1) is 0 Å².